The average Bonchev–Trinajstić information content (AvgIpc) is 2.28. The first kappa shape index (κ1) is 10.8. The molecular weight excluding hydrogens is 200 g/mol. The third-order valence-electron chi connectivity index (χ3n) is 3.18. The Bertz CT molecular complexity index is 416. The summed E-state index contributed by atoms with van der Waals surface area (Å²) in [6.07, 6.45) is 1.23. The van der Waals surface area contributed by atoms with E-state index >= 15 is 0 Å². The molecule has 1 aromatic rings. The summed E-state index contributed by atoms with van der Waals surface area (Å²) in [5.74, 6) is 1.61. The molecule has 0 radical (unpaired) electrons. The highest BCUT2D eigenvalue weighted by Gasteiger charge is 2.27. The minimum atomic E-state index is 0.646. The summed E-state index contributed by atoms with van der Waals surface area (Å²) in [4.78, 5) is 2.30. The Morgan fingerprint density at radius 1 is 1.50 bits per heavy atom. The van der Waals surface area contributed by atoms with Crippen LogP contribution in [0.3, 0.4) is 0 Å². The van der Waals surface area contributed by atoms with E-state index in [0.29, 0.717) is 5.56 Å². The molecule has 1 fully saturated rings. The molecule has 0 amide bonds. The highest BCUT2D eigenvalue weighted by atomic mass is 16.5. The lowest BCUT2D eigenvalue weighted by atomic mass is 9.96. The molecule has 0 aliphatic carbocycles. The fourth-order valence-corrected chi connectivity index (χ4v) is 2.03. The molecule has 3 heteroatoms. The van der Waals surface area contributed by atoms with Crippen molar-refractivity contribution in [1.82, 2.24) is 0 Å². The first-order chi connectivity index (χ1) is 7.78. The minimum Gasteiger partial charge on any atom is -0.495 e. The van der Waals surface area contributed by atoms with Crippen molar-refractivity contribution in [1.29, 1.82) is 5.26 Å². The van der Waals surface area contributed by atoms with Gasteiger partial charge in [0.2, 0.25) is 0 Å². The number of benzene rings is 1. The molecule has 84 valence electrons. The molecule has 1 aliphatic rings. The molecule has 0 aromatic heterocycles. The maximum absolute atomic E-state index is 8.82. The molecule has 1 aliphatic heterocycles. The summed E-state index contributed by atoms with van der Waals surface area (Å²) in [7, 11) is 1.65. The normalized spacial score (nSPS) is 15.4. The molecule has 3 nitrogen and oxygen atoms in total. The number of hydrogen-bond acceptors (Lipinski definition) is 3. The van der Waals surface area contributed by atoms with Gasteiger partial charge in [0.15, 0.2) is 0 Å². The Hall–Kier alpha value is -1.69. The molecule has 0 bridgehead atoms. The number of methoxy groups -OCH3 is 1. The van der Waals surface area contributed by atoms with Crippen LogP contribution in [0.4, 0.5) is 5.69 Å². The van der Waals surface area contributed by atoms with Crippen molar-refractivity contribution in [3.05, 3.63) is 23.8 Å². The second kappa shape index (κ2) is 4.44. The van der Waals surface area contributed by atoms with Crippen LogP contribution in [0.5, 0.6) is 5.75 Å². The Morgan fingerprint density at radius 3 is 2.81 bits per heavy atom. The van der Waals surface area contributed by atoms with E-state index in [1.807, 2.05) is 12.1 Å². The number of nitriles is 1. The van der Waals surface area contributed by atoms with E-state index in [2.05, 4.69) is 17.9 Å². The summed E-state index contributed by atoms with van der Waals surface area (Å²) in [6.45, 7) is 4.41. The molecule has 1 saturated heterocycles. The van der Waals surface area contributed by atoms with Crippen molar-refractivity contribution < 1.29 is 4.74 Å². The summed E-state index contributed by atoms with van der Waals surface area (Å²) in [5, 5.41) is 8.82. The summed E-state index contributed by atoms with van der Waals surface area (Å²) in [6, 6.07) is 7.75. The highest BCUT2D eigenvalue weighted by Crippen LogP contribution is 2.34. The maximum Gasteiger partial charge on any atom is 0.143 e. The molecule has 1 aromatic carbocycles. The van der Waals surface area contributed by atoms with E-state index in [9.17, 15) is 0 Å². The van der Waals surface area contributed by atoms with Gasteiger partial charge in [0.1, 0.15) is 5.75 Å². The zero-order valence-corrected chi connectivity index (χ0v) is 9.73. The quantitative estimate of drug-likeness (QED) is 0.778. The number of hydrogen-bond donors (Lipinski definition) is 0. The van der Waals surface area contributed by atoms with Gasteiger partial charge in [0, 0.05) is 19.2 Å². The number of ether oxygens (including phenoxy) is 1. The van der Waals surface area contributed by atoms with Crippen molar-refractivity contribution in [2.75, 3.05) is 25.1 Å². The van der Waals surface area contributed by atoms with E-state index < -0.39 is 0 Å². The van der Waals surface area contributed by atoms with E-state index in [1.54, 1.807) is 13.2 Å². The van der Waals surface area contributed by atoms with Crippen LogP contribution in [-0.2, 0) is 0 Å². The molecule has 0 atom stereocenters. The van der Waals surface area contributed by atoms with Crippen LogP contribution in [0.25, 0.3) is 0 Å². The maximum atomic E-state index is 8.82. The second-order valence-corrected chi connectivity index (χ2v) is 4.18. The van der Waals surface area contributed by atoms with E-state index in [4.69, 9.17) is 10.00 Å². The molecule has 0 unspecified atom stereocenters. The summed E-state index contributed by atoms with van der Waals surface area (Å²) >= 11 is 0. The Labute approximate surface area is 96.2 Å². The van der Waals surface area contributed by atoms with Crippen LogP contribution < -0.4 is 9.64 Å². The standard InChI is InChI=1S/C13H16N2O/c1-3-10-8-15(9-10)12-5-4-11(7-14)6-13(12)16-2/h4-6,10H,3,8-9H2,1-2H3. The first-order valence-corrected chi connectivity index (χ1v) is 5.61. The van der Waals surface area contributed by atoms with Gasteiger partial charge in [-0.3, -0.25) is 0 Å². The molecule has 0 saturated carbocycles. The Balaban J connectivity index is 2.19. The fraction of sp³-hybridized carbons (Fsp3) is 0.462. The van der Waals surface area contributed by atoms with Gasteiger partial charge < -0.3 is 9.64 Å². The van der Waals surface area contributed by atoms with Gasteiger partial charge in [-0.05, 0) is 24.5 Å². The lowest BCUT2D eigenvalue weighted by molar-refractivity contribution is 0.380. The van der Waals surface area contributed by atoms with Gasteiger partial charge in [0.25, 0.3) is 0 Å². The molecule has 0 N–H and O–H groups in total. The van der Waals surface area contributed by atoms with E-state index in [0.717, 1.165) is 30.4 Å². The van der Waals surface area contributed by atoms with Crippen molar-refractivity contribution in [3.63, 3.8) is 0 Å². The third-order valence-corrected chi connectivity index (χ3v) is 3.18. The third kappa shape index (κ3) is 1.83. The first-order valence-electron chi connectivity index (χ1n) is 5.61. The number of rotatable bonds is 3. The molecule has 1 heterocycles. The van der Waals surface area contributed by atoms with E-state index in [1.165, 1.54) is 6.42 Å². The van der Waals surface area contributed by atoms with Gasteiger partial charge in [-0.15, -0.1) is 0 Å². The van der Waals surface area contributed by atoms with Crippen molar-refractivity contribution >= 4 is 5.69 Å². The van der Waals surface area contributed by atoms with E-state index in [-0.39, 0.29) is 0 Å². The predicted molar refractivity (Wildman–Crippen MR) is 63.7 cm³/mol. The van der Waals surface area contributed by atoms with Crippen molar-refractivity contribution in [2.24, 2.45) is 5.92 Å². The van der Waals surface area contributed by atoms with Gasteiger partial charge in [-0.2, -0.15) is 5.26 Å². The summed E-state index contributed by atoms with van der Waals surface area (Å²) in [5.41, 5.74) is 1.75. The monoisotopic (exact) mass is 216 g/mol. The minimum absolute atomic E-state index is 0.646. The molecular formula is C13H16N2O. The predicted octanol–water partition coefficient (Wildman–Crippen LogP) is 2.41. The Morgan fingerprint density at radius 2 is 2.25 bits per heavy atom. The van der Waals surface area contributed by atoms with Gasteiger partial charge in [0.05, 0.1) is 24.4 Å². The largest absolute Gasteiger partial charge is 0.495 e. The molecule has 0 spiro atoms. The molecule has 16 heavy (non-hydrogen) atoms. The SMILES string of the molecule is CCC1CN(c2ccc(C#N)cc2OC)C1. The van der Waals surface area contributed by atoms with Gasteiger partial charge >= 0.3 is 0 Å². The second-order valence-electron chi connectivity index (χ2n) is 4.18. The summed E-state index contributed by atoms with van der Waals surface area (Å²) < 4.78 is 5.32. The van der Waals surface area contributed by atoms with Crippen molar-refractivity contribution in [3.8, 4) is 11.8 Å². The van der Waals surface area contributed by atoms with Crippen molar-refractivity contribution in [2.45, 2.75) is 13.3 Å². The lowest BCUT2D eigenvalue weighted by Crippen LogP contribution is -2.46. The smallest absolute Gasteiger partial charge is 0.143 e. The number of nitrogens with zero attached hydrogens (tertiary/aromatic N) is 2. The highest BCUT2D eigenvalue weighted by molar-refractivity contribution is 5.62. The van der Waals surface area contributed by atoms with Crippen LogP contribution in [-0.4, -0.2) is 20.2 Å². The zero-order valence-electron chi connectivity index (χ0n) is 9.73. The van der Waals surface area contributed by atoms with Crippen LogP contribution in [0, 0.1) is 17.2 Å². The zero-order chi connectivity index (χ0) is 11.5. The number of anilines is 1. The fourth-order valence-electron chi connectivity index (χ4n) is 2.03. The lowest BCUT2D eigenvalue weighted by Gasteiger charge is -2.41. The van der Waals surface area contributed by atoms with Gasteiger partial charge in [-0.25, -0.2) is 0 Å². The van der Waals surface area contributed by atoms with Crippen LogP contribution >= 0.6 is 0 Å². The molecule has 2 rings (SSSR count). The van der Waals surface area contributed by atoms with Crippen LogP contribution in [0.15, 0.2) is 18.2 Å². The van der Waals surface area contributed by atoms with Crippen LogP contribution in [0.2, 0.25) is 0 Å². The Kier molecular flexibility index (Phi) is 3.00. The topological polar surface area (TPSA) is 36.3 Å². The van der Waals surface area contributed by atoms with Crippen LogP contribution in [0.1, 0.15) is 18.9 Å². The average molecular weight is 216 g/mol. The van der Waals surface area contributed by atoms with Gasteiger partial charge in [-0.1, -0.05) is 6.92 Å².